The largest absolute Gasteiger partial charge is 0.463 e. The van der Waals surface area contributed by atoms with Crippen LogP contribution in [0.4, 0.5) is 0 Å². The molecule has 0 N–H and O–H groups in total. The van der Waals surface area contributed by atoms with Crippen molar-refractivity contribution in [3.8, 4) is 0 Å². The number of ether oxygens (including phenoxy) is 1. The number of hydrogen-bond donors (Lipinski definition) is 0. The molecule has 0 saturated heterocycles. The number of methoxy groups -OCH3 is 1. The number of aldehydes is 1. The van der Waals surface area contributed by atoms with Crippen LogP contribution in [0.5, 0.6) is 0 Å². The molecule has 4 nitrogen and oxygen atoms in total. The van der Waals surface area contributed by atoms with Crippen LogP contribution in [0.2, 0.25) is 0 Å². The average Bonchev–Trinajstić information content (AvgIpc) is 2.65. The number of benzene rings is 1. The molecule has 0 atom stereocenters. The third-order valence-corrected chi connectivity index (χ3v) is 2.47. The van der Waals surface area contributed by atoms with Crippen molar-refractivity contribution >= 4 is 23.2 Å². The van der Waals surface area contributed by atoms with Gasteiger partial charge in [-0.1, -0.05) is 0 Å². The first kappa shape index (κ1) is 10.4. The van der Waals surface area contributed by atoms with Crippen LogP contribution >= 0.6 is 0 Å². The summed E-state index contributed by atoms with van der Waals surface area (Å²) in [5.41, 5.74) is 1.81. The van der Waals surface area contributed by atoms with Crippen LogP contribution in [0.1, 0.15) is 26.5 Å². The monoisotopic (exact) mass is 218 g/mol. The lowest BCUT2D eigenvalue weighted by Crippen LogP contribution is -2.00. The molecule has 1 aromatic heterocycles. The standard InChI is InChI=1S/C12H10O4/c1-7-9-5-8(6-13)3-4-10(9)16-11(7)12(14)15-2/h3-6H,1-2H3. The fraction of sp³-hybridized carbons (Fsp3) is 0.167. The smallest absolute Gasteiger partial charge is 0.374 e. The van der Waals surface area contributed by atoms with E-state index in [1.165, 1.54) is 7.11 Å². The molecule has 1 aromatic carbocycles. The van der Waals surface area contributed by atoms with Gasteiger partial charge in [0.05, 0.1) is 7.11 Å². The van der Waals surface area contributed by atoms with E-state index in [1.807, 2.05) is 0 Å². The number of esters is 1. The predicted octanol–water partition coefficient (Wildman–Crippen LogP) is 2.34. The molecule has 0 fully saturated rings. The second-order valence-electron chi connectivity index (χ2n) is 3.42. The Morgan fingerprint density at radius 1 is 1.44 bits per heavy atom. The second kappa shape index (κ2) is 3.81. The highest BCUT2D eigenvalue weighted by Gasteiger charge is 2.17. The van der Waals surface area contributed by atoms with Gasteiger partial charge < -0.3 is 9.15 Å². The molecule has 0 aliphatic heterocycles. The number of furan rings is 1. The highest BCUT2D eigenvalue weighted by Crippen LogP contribution is 2.26. The van der Waals surface area contributed by atoms with Crippen molar-refractivity contribution in [2.24, 2.45) is 0 Å². The zero-order valence-corrected chi connectivity index (χ0v) is 8.94. The molecule has 0 radical (unpaired) electrons. The summed E-state index contributed by atoms with van der Waals surface area (Å²) < 4.78 is 9.96. The second-order valence-corrected chi connectivity index (χ2v) is 3.42. The summed E-state index contributed by atoms with van der Waals surface area (Å²) in [5, 5.41) is 0.755. The van der Waals surface area contributed by atoms with Gasteiger partial charge in [-0.2, -0.15) is 0 Å². The Balaban J connectivity index is 2.68. The van der Waals surface area contributed by atoms with Gasteiger partial charge in [0.15, 0.2) is 0 Å². The highest BCUT2D eigenvalue weighted by atomic mass is 16.5. The van der Waals surface area contributed by atoms with E-state index < -0.39 is 5.97 Å². The van der Waals surface area contributed by atoms with Crippen molar-refractivity contribution in [2.75, 3.05) is 7.11 Å². The van der Waals surface area contributed by atoms with Crippen LogP contribution in [-0.2, 0) is 4.74 Å². The van der Waals surface area contributed by atoms with Crippen LogP contribution in [0, 0.1) is 6.92 Å². The lowest BCUT2D eigenvalue weighted by Gasteiger charge is -1.94. The molecule has 0 aliphatic carbocycles. The Morgan fingerprint density at radius 3 is 2.81 bits per heavy atom. The Hall–Kier alpha value is -2.10. The quantitative estimate of drug-likeness (QED) is 0.573. The Kier molecular flexibility index (Phi) is 2.48. The van der Waals surface area contributed by atoms with E-state index >= 15 is 0 Å². The molecule has 0 amide bonds. The third-order valence-electron chi connectivity index (χ3n) is 2.47. The number of hydrogen-bond acceptors (Lipinski definition) is 4. The minimum atomic E-state index is -0.513. The van der Waals surface area contributed by atoms with Crippen LogP contribution in [0.3, 0.4) is 0 Å². The van der Waals surface area contributed by atoms with E-state index in [1.54, 1.807) is 25.1 Å². The molecule has 0 unspecified atom stereocenters. The Bertz CT molecular complexity index is 566. The number of carbonyl (C=O) groups is 2. The first-order valence-corrected chi connectivity index (χ1v) is 4.74. The van der Waals surface area contributed by atoms with Crippen molar-refractivity contribution in [3.63, 3.8) is 0 Å². The van der Waals surface area contributed by atoms with E-state index in [0.29, 0.717) is 16.7 Å². The molecule has 0 bridgehead atoms. The van der Waals surface area contributed by atoms with E-state index in [4.69, 9.17) is 4.42 Å². The molecular weight excluding hydrogens is 208 g/mol. The van der Waals surface area contributed by atoms with E-state index in [9.17, 15) is 9.59 Å². The molecule has 0 spiro atoms. The van der Waals surface area contributed by atoms with Gasteiger partial charge in [-0.05, 0) is 25.1 Å². The zero-order chi connectivity index (χ0) is 11.7. The summed E-state index contributed by atoms with van der Waals surface area (Å²) >= 11 is 0. The molecule has 4 heteroatoms. The van der Waals surface area contributed by atoms with Crippen molar-refractivity contribution in [1.29, 1.82) is 0 Å². The lowest BCUT2D eigenvalue weighted by atomic mass is 10.1. The van der Waals surface area contributed by atoms with E-state index in [2.05, 4.69) is 4.74 Å². The predicted molar refractivity (Wildman–Crippen MR) is 57.7 cm³/mol. The van der Waals surface area contributed by atoms with Gasteiger partial charge >= 0.3 is 5.97 Å². The van der Waals surface area contributed by atoms with E-state index in [0.717, 1.165) is 11.7 Å². The third kappa shape index (κ3) is 1.48. The van der Waals surface area contributed by atoms with Crippen LogP contribution in [-0.4, -0.2) is 19.4 Å². The number of fused-ring (bicyclic) bond motifs is 1. The zero-order valence-electron chi connectivity index (χ0n) is 8.94. The van der Waals surface area contributed by atoms with Gasteiger partial charge in [0.2, 0.25) is 5.76 Å². The molecule has 16 heavy (non-hydrogen) atoms. The normalized spacial score (nSPS) is 10.4. The highest BCUT2D eigenvalue weighted by molar-refractivity contribution is 5.97. The van der Waals surface area contributed by atoms with Gasteiger partial charge in [0.25, 0.3) is 0 Å². The van der Waals surface area contributed by atoms with Crippen molar-refractivity contribution in [2.45, 2.75) is 6.92 Å². The fourth-order valence-electron chi connectivity index (χ4n) is 1.60. The molecule has 2 rings (SSSR count). The molecule has 0 aliphatic rings. The maximum atomic E-state index is 11.4. The van der Waals surface area contributed by atoms with Crippen LogP contribution in [0.25, 0.3) is 11.0 Å². The summed E-state index contributed by atoms with van der Waals surface area (Å²) in [6.07, 6.45) is 0.754. The minimum Gasteiger partial charge on any atom is -0.463 e. The van der Waals surface area contributed by atoms with Gasteiger partial charge in [-0.25, -0.2) is 4.79 Å². The van der Waals surface area contributed by atoms with E-state index in [-0.39, 0.29) is 5.76 Å². The van der Waals surface area contributed by atoms with Gasteiger partial charge in [-0.15, -0.1) is 0 Å². The Morgan fingerprint density at radius 2 is 2.19 bits per heavy atom. The summed E-state index contributed by atoms with van der Waals surface area (Å²) in [5.74, 6) is -0.332. The first-order chi connectivity index (χ1) is 7.67. The van der Waals surface area contributed by atoms with Gasteiger partial charge in [-0.3, -0.25) is 4.79 Å². The van der Waals surface area contributed by atoms with Gasteiger partial charge in [0, 0.05) is 16.5 Å². The van der Waals surface area contributed by atoms with Crippen LogP contribution in [0.15, 0.2) is 22.6 Å². The van der Waals surface area contributed by atoms with Gasteiger partial charge in [0.1, 0.15) is 11.9 Å². The molecule has 2 aromatic rings. The average molecular weight is 218 g/mol. The summed E-state index contributed by atoms with van der Waals surface area (Å²) in [4.78, 5) is 22.0. The number of carbonyl (C=O) groups excluding carboxylic acids is 2. The number of aryl methyl sites for hydroxylation is 1. The SMILES string of the molecule is COC(=O)c1oc2ccc(C=O)cc2c1C. The molecule has 82 valence electrons. The summed E-state index contributed by atoms with van der Waals surface area (Å²) in [6.45, 7) is 1.76. The molecular formula is C12H10O4. The molecule has 0 saturated carbocycles. The molecule has 1 heterocycles. The topological polar surface area (TPSA) is 56.5 Å². The summed E-state index contributed by atoms with van der Waals surface area (Å²) in [6, 6.07) is 4.99. The number of rotatable bonds is 2. The lowest BCUT2D eigenvalue weighted by molar-refractivity contribution is 0.0566. The van der Waals surface area contributed by atoms with Crippen molar-refractivity contribution < 1.29 is 18.7 Å². The van der Waals surface area contributed by atoms with Crippen LogP contribution < -0.4 is 0 Å². The summed E-state index contributed by atoms with van der Waals surface area (Å²) in [7, 11) is 1.30. The first-order valence-electron chi connectivity index (χ1n) is 4.74. The maximum absolute atomic E-state index is 11.4. The van der Waals surface area contributed by atoms with Crippen molar-refractivity contribution in [1.82, 2.24) is 0 Å². The fourth-order valence-corrected chi connectivity index (χ4v) is 1.60. The Labute approximate surface area is 91.8 Å². The maximum Gasteiger partial charge on any atom is 0.374 e. The minimum absolute atomic E-state index is 0.181. The van der Waals surface area contributed by atoms with Crippen molar-refractivity contribution in [3.05, 3.63) is 35.1 Å².